The highest BCUT2D eigenvalue weighted by atomic mass is 16.5. The molecule has 132 valence electrons. The average molecular weight is 324 g/mol. The van der Waals surface area contributed by atoms with Gasteiger partial charge in [0.1, 0.15) is 0 Å². The number of piperazine rings is 1. The number of hydrogen-bond acceptors (Lipinski definition) is 3. The van der Waals surface area contributed by atoms with Gasteiger partial charge in [0.25, 0.3) is 0 Å². The Kier molecular flexibility index (Phi) is 7.65. The zero-order valence-electron chi connectivity index (χ0n) is 14.7. The van der Waals surface area contributed by atoms with E-state index in [0.29, 0.717) is 6.10 Å². The second-order valence-electron chi connectivity index (χ2n) is 6.36. The molecule has 2 fully saturated rings. The molecule has 23 heavy (non-hydrogen) atoms. The van der Waals surface area contributed by atoms with Crippen molar-refractivity contribution in [2.45, 2.75) is 52.1 Å². The molecule has 1 aliphatic carbocycles. The van der Waals surface area contributed by atoms with Gasteiger partial charge in [-0.2, -0.15) is 0 Å². The molecule has 2 rings (SSSR count). The summed E-state index contributed by atoms with van der Waals surface area (Å²) in [6.45, 7) is 9.46. The van der Waals surface area contributed by atoms with Crippen LogP contribution in [0.2, 0.25) is 0 Å². The maximum atomic E-state index is 11.4. The molecule has 1 heterocycles. The molecule has 0 unspecified atom stereocenters. The summed E-state index contributed by atoms with van der Waals surface area (Å²) in [7, 11) is 0. The van der Waals surface area contributed by atoms with Crippen LogP contribution in [0.4, 0.5) is 0 Å². The van der Waals surface area contributed by atoms with Gasteiger partial charge in [-0.1, -0.05) is 12.8 Å². The lowest BCUT2D eigenvalue weighted by Gasteiger charge is -2.36. The summed E-state index contributed by atoms with van der Waals surface area (Å²) in [5, 5.41) is 3.36. The van der Waals surface area contributed by atoms with Gasteiger partial charge in [-0.3, -0.25) is 9.79 Å². The molecule has 0 atom stereocenters. The number of nitrogens with zero attached hydrogens (tertiary/aromatic N) is 3. The monoisotopic (exact) mass is 324 g/mol. The molecule has 1 N–H and O–H groups in total. The lowest BCUT2D eigenvalue weighted by atomic mass is 10.3. The quantitative estimate of drug-likeness (QED) is 0.457. The van der Waals surface area contributed by atoms with Gasteiger partial charge in [-0.05, 0) is 26.2 Å². The third kappa shape index (κ3) is 6.01. The molecule has 0 bridgehead atoms. The third-order valence-corrected chi connectivity index (χ3v) is 4.58. The van der Waals surface area contributed by atoms with Crippen LogP contribution in [0.15, 0.2) is 4.99 Å². The minimum atomic E-state index is 0.163. The lowest BCUT2D eigenvalue weighted by molar-refractivity contribution is -0.130. The Balaban J connectivity index is 1.70. The van der Waals surface area contributed by atoms with Gasteiger partial charge < -0.3 is 19.9 Å². The fourth-order valence-corrected chi connectivity index (χ4v) is 3.21. The predicted molar refractivity (Wildman–Crippen MR) is 92.6 cm³/mol. The van der Waals surface area contributed by atoms with E-state index in [9.17, 15) is 4.79 Å². The highest BCUT2D eigenvalue weighted by molar-refractivity contribution is 5.80. The van der Waals surface area contributed by atoms with Gasteiger partial charge in [0.05, 0.1) is 6.10 Å². The first-order valence-corrected chi connectivity index (χ1v) is 9.11. The zero-order valence-corrected chi connectivity index (χ0v) is 14.7. The summed E-state index contributed by atoms with van der Waals surface area (Å²) in [6.07, 6.45) is 6.56. The number of carbonyl (C=O) groups is 1. The van der Waals surface area contributed by atoms with E-state index >= 15 is 0 Å². The molecule has 6 heteroatoms. The summed E-state index contributed by atoms with van der Waals surface area (Å²) in [5.74, 6) is 1.13. The van der Waals surface area contributed by atoms with E-state index in [2.05, 4.69) is 17.1 Å². The summed E-state index contributed by atoms with van der Waals surface area (Å²) in [4.78, 5) is 20.3. The number of aliphatic imine (C=N–C) groups is 1. The first kappa shape index (κ1) is 18.0. The van der Waals surface area contributed by atoms with Crippen LogP contribution in [0.5, 0.6) is 0 Å². The van der Waals surface area contributed by atoms with Crippen molar-refractivity contribution in [2.24, 2.45) is 4.99 Å². The summed E-state index contributed by atoms with van der Waals surface area (Å²) in [5.41, 5.74) is 0. The fourth-order valence-electron chi connectivity index (χ4n) is 3.21. The number of hydrogen-bond donors (Lipinski definition) is 1. The molecule has 6 nitrogen and oxygen atoms in total. The summed E-state index contributed by atoms with van der Waals surface area (Å²) >= 11 is 0. The van der Waals surface area contributed by atoms with Gasteiger partial charge in [0.2, 0.25) is 5.91 Å². The smallest absolute Gasteiger partial charge is 0.219 e. The first-order chi connectivity index (χ1) is 11.2. The van der Waals surface area contributed by atoms with Crippen LogP contribution in [0, 0.1) is 0 Å². The van der Waals surface area contributed by atoms with Crippen molar-refractivity contribution in [3.63, 3.8) is 0 Å². The fraction of sp³-hybridized carbons (Fsp3) is 0.882. The highest BCUT2D eigenvalue weighted by Crippen LogP contribution is 2.20. The van der Waals surface area contributed by atoms with E-state index in [4.69, 9.17) is 9.73 Å². The van der Waals surface area contributed by atoms with E-state index < -0.39 is 0 Å². The molecule has 0 aromatic heterocycles. The normalized spacial score (nSPS) is 20.2. The van der Waals surface area contributed by atoms with E-state index in [1.165, 1.54) is 25.7 Å². The van der Waals surface area contributed by atoms with Crippen LogP contribution < -0.4 is 5.32 Å². The van der Waals surface area contributed by atoms with Gasteiger partial charge in [0, 0.05) is 52.8 Å². The number of amides is 1. The van der Waals surface area contributed by atoms with Crippen LogP contribution in [0.3, 0.4) is 0 Å². The molecule has 0 spiro atoms. The number of carbonyl (C=O) groups excluding carboxylic acids is 1. The van der Waals surface area contributed by atoms with Crippen molar-refractivity contribution in [3.05, 3.63) is 0 Å². The molecule has 0 aromatic rings. The van der Waals surface area contributed by atoms with Crippen LogP contribution in [0.1, 0.15) is 46.0 Å². The van der Waals surface area contributed by atoms with Gasteiger partial charge in [0.15, 0.2) is 5.96 Å². The Hall–Kier alpha value is -1.30. The number of ether oxygens (including phenoxy) is 1. The second-order valence-corrected chi connectivity index (χ2v) is 6.36. The molecular formula is C17H32N4O2. The average Bonchev–Trinajstić information content (AvgIpc) is 3.07. The number of nitrogens with one attached hydrogen (secondary N) is 1. The third-order valence-electron chi connectivity index (χ3n) is 4.58. The van der Waals surface area contributed by atoms with E-state index in [0.717, 1.165) is 58.3 Å². The Morgan fingerprint density at radius 3 is 2.43 bits per heavy atom. The van der Waals surface area contributed by atoms with E-state index in [1.54, 1.807) is 6.92 Å². The molecule has 1 saturated carbocycles. The minimum absolute atomic E-state index is 0.163. The van der Waals surface area contributed by atoms with Gasteiger partial charge in [-0.25, -0.2) is 0 Å². The Morgan fingerprint density at radius 2 is 1.83 bits per heavy atom. The molecule has 1 aliphatic heterocycles. The summed E-state index contributed by atoms with van der Waals surface area (Å²) in [6, 6.07) is 0. The SMILES string of the molecule is CCNC(=NCCCOC1CCCC1)N1CCN(C(C)=O)CC1. The van der Waals surface area contributed by atoms with E-state index in [-0.39, 0.29) is 5.91 Å². The van der Waals surface area contributed by atoms with E-state index in [1.807, 2.05) is 4.90 Å². The zero-order chi connectivity index (χ0) is 16.5. The molecule has 1 saturated heterocycles. The van der Waals surface area contributed by atoms with Crippen LogP contribution in [0.25, 0.3) is 0 Å². The molecule has 0 radical (unpaired) electrons. The van der Waals surface area contributed by atoms with Crippen LogP contribution in [-0.4, -0.2) is 73.6 Å². The Bertz CT molecular complexity index is 386. The van der Waals surface area contributed by atoms with Crippen molar-refractivity contribution >= 4 is 11.9 Å². The summed E-state index contributed by atoms with van der Waals surface area (Å²) < 4.78 is 5.88. The number of rotatable bonds is 6. The Labute approximate surface area is 140 Å². The topological polar surface area (TPSA) is 57.2 Å². The van der Waals surface area contributed by atoms with Crippen molar-refractivity contribution in [3.8, 4) is 0 Å². The second kappa shape index (κ2) is 9.75. The van der Waals surface area contributed by atoms with Crippen LogP contribution in [-0.2, 0) is 9.53 Å². The maximum absolute atomic E-state index is 11.4. The molecule has 1 amide bonds. The van der Waals surface area contributed by atoms with Gasteiger partial charge in [-0.15, -0.1) is 0 Å². The maximum Gasteiger partial charge on any atom is 0.219 e. The van der Waals surface area contributed by atoms with Crippen molar-refractivity contribution in [2.75, 3.05) is 45.9 Å². The first-order valence-electron chi connectivity index (χ1n) is 9.11. The minimum Gasteiger partial charge on any atom is -0.378 e. The predicted octanol–water partition coefficient (Wildman–Crippen LogP) is 1.47. The molecule has 0 aromatic carbocycles. The standard InChI is InChI=1S/C17H32N4O2/c1-3-18-17(21-12-10-20(11-13-21)15(2)22)19-9-6-14-23-16-7-4-5-8-16/h16H,3-14H2,1-2H3,(H,18,19). The van der Waals surface area contributed by atoms with Gasteiger partial charge >= 0.3 is 0 Å². The Morgan fingerprint density at radius 1 is 1.17 bits per heavy atom. The highest BCUT2D eigenvalue weighted by Gasteiger charge is 2.20. The van der Waals surface area contributed by atoms with Crippen molar-refractivity contribution in [1.29, 1.82) is 0 Å². The van der Waals surface area contributed by atoms with Crippen LogP contribution >= 0.6 is 0 Å². The molecule has 2 aliphatic rings. The molecular weight excluding hydrogens is 292 g/mol. The van der Waals surface area contributed by atoms with Crippen molar-refractivity contribution < 1.29 is 9.53 Å². The lowest BCUT2D eigenvalue weighted by Crippen LogP contribution is -2.53. The largest absolute Gasteiger partial charge is 0.378 e. The number of guanidine groups is 1. The van der Waals surface area contributed by atoms with Crippen molar-refractivity contribution in [1.82, 2.24) is 15.1 Å².